The minimum atomic E-state index is 0.272. The molecule has 0 atom stereocenters. The van der Waals surface area contributed by atoms with E-state index in [-0.39, 0.29) is 6.04 Å². The molecule has 0 aliphatic carbocycles. The van der Waals surface area contributed by atoms with Crippen molar-refractivity contribution in [3.8, 4) is 0 Å². The second-order valence-corrected chi connectivity index (χ2v) is 2.85. The van der Waals surface area contributed by atoms with Crippen LogP contribution < -0.4 is 11.1 Å². The van der Waals surface area contributed by atoms with Gasteiger partial charge in [-0.1, -0.05) is 5.16 Å². The van der Waals surface area contributed by atoms with E-state index >= 15 is 0 Å². The molecular formula is C7H13N5O. The average molecular weight is 183 g/mol. The summed E-state index contributed by atoms with van der Waals surface area (Å²) in [6.07, 6.45) is 1.26. The number of aliphatic imine (C=N–C) groups is 1. The molecule has 0 spiro atoms. The molecule has 6 nitrogen and oxygen atoms in total. The van der Waals surface area contributed by atoms with Crippen molar-refractivity contribution < 1.29 is 4.52 Å². The summed E-state index contributed by atoms with van der Waals surface area (Å²) in [7, 11) is 0. The maximum Gasteiger partial charge on any atom is 0.213 e. The molecule has 0 radical (unpaired) electrons. The molecule has 13 heavy (non-hydrogen) atoms. The molecule has 0 bridgehead atoms. The highest BCUT2D eigenvalue weighted by atomic mass is 16.5. The molecule has 1 heterocycles. The first-order chi connectivity index (χ1) is 6.18. The van der Waals surface area contributed by atoms with Crippen molar-refractivity contribution in [2.24, 2.45) is 10.7 Å². The van der Waals surface area contributed by atoms with E-state index in [9.17, 15) is 0 Å². The summed E-state index contributed by atoms with van der Waals surface area (Å²) in [5.41, 5.74) is 5.54. The van der Waals surface area contributed by atoms with Crippen molar-refractivity contribution in [3.05, 3.63) is 12.2 Å². The van der Waals surface area contributed by atoms with Gasteiger partial charge >= 0.3 is 0 Å². The Morgan fingerprint density at radius 3 is 3.08 bits per heavy atom. The van der Waals surface area contributed by atoms with Crippen LogP contribution in [0, 0.1) is 0 Å². The largest absolute Gasteiger partial charge is 0.370 e. The first kappa shape index (κ1) is 9.50. The summed E-state index contributed by atoms with van der Waals surface area (Å²) in [5, 5.41) is 6.54. The maximum atomic E-state index is 5.54. The van der Waals surface area contributed by atoms with Gasteiger partial charge in [0.05, 0.1) is 0 Å². The molecule has 0 aromatic carbocycles. The van der Waals surface area contributed by atoms with Gasteiger partial charge in [-0.05, 0) is 13.8 Å². The highest BCUT2D eigenvalue weighted by Gasteiger charge is 1.98. The Morgan fingerprint density at radius 1 is 1.77 bits per heavy atom. The minimum absolute atomic E-state index is 0.272. The third kappa shape index (κ3) is 3.55. The number of nitrogens with zero attached hydrogens (tertiary/aromatic N) is 3. The zero-order valence-corrected chi connectivity index (χ0v) is 7.69. The standard InChI is InChI=1S/C7H13N5O/c1-5(2)11-7(8)9-3-6-10-4-13-12-6/h4-5H,3H2,1-2H3,(H3,8,9,11). The van der Waals surface area contributed by atoms with E-state index in [2.05, 4.69) is 25.0 Å². The van der Waals surface area contributed by atoms with Gasteiger partial charge in [-0.2, -0.15) is 4.98 Å². The second-order valence-electron chi connectivity index (χ2n) is 2.85. The van der Waals surface area contributed by atoms with Gasteiger partial charge < -0.3 is 15.6 Å². The van der Waals surface area contributed by atoms with Crippen LogP contribution in [-0.4, -0.2) is 22.1 Å². The van der Waals surface area contributed by atoms with Crippen molar-refractivity contribution in [1.82, 2.24) is 15.5 Å². The third-order valence-corrected chi connectivity index (χ3v) is 1.23. The first-order valence-electron chi connectivity index (χ1n) is 4.00. The topological polar surface area (TPSA) is 89.3 Å². The van der Waals surface area contributed by atoms with E-state index in [1.807, 2.05) is 13.8 Å². The van der Waals surface area contributed by atoms with Crippen molar-refractivity contribution in [3.63, 3.8) is 0 Å². The van der Waals surface area contributed by atoms with E-state index in [0.717, 1.165) is 0 Å². The molecule has 0 aliphatic rings. The molecule has 0 saturated carbocycles. The molecule has 6 heteroatoms. The number of hydrogen-bond donors (Lipinski definition) is 2. The van der Waals surface area contributed by atoms with Crippen molar-refractivity contribution in [2.75, 3.05) is 0 Å². The third-order valence-electron chi connectivity index (χ3n) is 1.23. The fraction of sp³-hybridized carbons (Fsp3) is 0.571. The summed E-state index contributed by atoms with van der Waals surface area (Å²) in [4.78, 5) is 7.80. The average Bonchev–Trinajstić information content (AvgIpc) is 2.51. The Hall–Kier alpha value is -1.59. The van der Waals surface area contributed by atoms with Gasteiger partial charge in [0, 0.05) is 6.04 Å². The van der Waals surface area contributed by atoms with Crippen LogP contribution in [0.4, 0.5) is 0 Å². The molecule has 1 aromatic heterocycles. The van der Waals surface area contributed by atoms with E-state index in [1.165, 1.54) is 6.39 Å². The fourth-order valence-corrected chi connectivity index (χ4v) is 0.759. The number of aromatic nitrogens is 2. The number of nitrogens with one attached hydrogen (secondary N) is 1. The molecule has 3 N–H and O–H groups in total. The van der Waals surface area contributed by atoms with Crippen LogP contribution in [0.25, 0.3) is 0 Å². The molecule has 0 amide bonds. The van der Waals surface area contributed by atoms with Gasteiger partial charge in [0.25, 0.3) is 0 Å². The van der Waals surface area contributed by atoms with Gasteiger partial charge in [-0.3, -0.25) is 0 Å². The molecule has 0 aliphatic heterocycles. The number of hydrogen-bond acceptors (Lipinski definition) is 4. The smallest absolute Gasteiger partial charge is 0.213 e. The minimum Gasteiger partial charge on any atom is -0.370 e. The van der Waals surface area contributed by atoms with Crippen LogP contribution in [0.3, 0.4) is 0 Å². The molecule has 1 rings (SSSR count). The quantitative estimate of drug-likeness (QED) is 0.503. The first-order valence-corrected chi connectivity index (χ1v) is 4.00. The lowest BCUT2D eigenvalue weighted by Gasteiger charge is -2.07. The lowest BCUT2D eigenvalue weighted by molar-refractivity contribution is 0.410. The predicted molar refractivity (Wildman–Crippen MR) is 47.9 cm³/mol. The molecule has 0 unspecified atom stereocenters. The monoisotopic (exact) mass is 183 g/mol. The predicted octanol–water partition coefficient (Wildman–Crippen LogP) is -0.118. The zero-order chi connectivity index (χ0) is 9.68. The fourth-order valence-electron chi connectivity index (χ4n) is 0.759. The number of guanidine groups is 1. The Balaban J connectivity index is 2.39. The van der Waals surface area contributed by atoms with E-state index in [0.29, 0.717) is 18.3 Å². The van der Waals surface area contributed by atoms with Crippen LogP contribution >= 0.6 is 0 Å². The lowest BCUT2D eigenvalue weighted by atomic mass is 10.4. The summed E-state index contributed by atoms with van der Waals surface area (Å²) in [6, 6.07) is 0.272. The SMILES string of the molecule is CC(C)NC(N)=NCc1ncon1. The highest BCUT2D eigenvalue weighted by molar-refractivity contribution is 5.77. The summed E-state index contributed by atoms with van der Waals surface area (Å²) in [5.74, 6) is 0.910. The maximum absolute atomic E-state index is 5.54. The van der Waals surface area contributed by atoms with Gasteiger partial charge in [0.15, 0.2) is 11.8 Å². The number of rotatable bonds is 3. The normalized spacial score (nSPS) is 12.1. The number of nitrogens with two attached hydrogens (primary N) is 1. The van der Waals surface area contributed by atoms with Gasteiger partial charge in [-0.25, -0.2) is 4.99 Å². The van der Waals surface area contributed by atoms with Crippen molar-refractivity contribution in [1.29, 1.82) is 0 Å². The van der Waals surface area contributed by atoms with Gasteiger partial charge in [0.2, 0.25) is 6.39 Å². The summed E-state index contributed by atoms with van der Waals surface area (Å²) in [6.45, 7) is 4.30. The zero-order valence-electron chi connectivity index (χ0n) is 7.69. The molecule has 0 fully saturated rings. The Bertz CT molecular complexity index is 266. The van der Waals surface area contributed by atoms with Gasteiger partial charge in [0.1, 0.15) is 6.54 Å². The van der Waals surface area contributed by atoms with E-state index in [4.69, 9.17) is 5.73 Å². The Labute approximate surface area is 76.2 Å². The molecule has 72 valence electrons. The Kier molecular flexibility index (Phi) is 3.24. The second kappa shape index (κ2) is 4.44. The van der Waals surface area contributed by atoms with Crippen molar-refractivity contribution in [2.45, 2.75) is 26.4 Å². The van der Waals surface area contributed by atoms with Crippen LogP contribution in [0.15, 0.2) is 15.9 Å². The Morgan fingerprint density at radius 2 is 2.54 bits per heavy atom. The van der Waals surface area contributed by atoms with E-state index < -0.39 is 0 Å². The summed E-state index contributed by atoms with van der Waals surface area (Å²) < 4.78 is 4.54. The van der Waals surface area contributed by atoms with Crippen LogP contribution in [0.5, 0.6) is 0 Å². The summed E-state index contributed by atoms with van der Waals surface area (Å²) >= 11 is 0. The molecular weight excluding hydrogens is 170 g/mol. The van der Waals surface area contributed by atoms with E-state index in [1.54, 1.807) is 0 Å². The van der Waals surface area contributed by atoms with Crippen LogP contribution in [-0.2, 0) is 6.54 Å². The lowest BCUT2D eigenvalue weighted by Crippen LogP contribution is -2.36. The molecule has 1 aromatic rings. The molecule has 0 saturated heterocycles. The van der Waals surface area contributed by atoms with Crippen LogP contribution in [0.1, 0.15) is 19.7 Å². The highest BCUT2D eigenvalue weighted by Crippen LogP contribution is 1.90. The van der Waals surface area contributed by atoms with Gasteiger partial charge in [-0.15, -0.1) is 0 Å². The van der Waals surface area contributed by atoms with Crippen molar-refractivity contribution >= 4 is 5.96 Å². The van der Waals surface area contributed by atoms with Crippen LogP contribution in [0.2, 0.25) is 0 Å².